The minimum absolute atomic E-state index is 0.0247. The lowest BCUT2D eigenvalue weighted by atomic mass is 10.0. The molecule has 1 amide bonds. The number of carbonyl (C=O) groups excluding carboxylic acids is 1. The van der Waals surface area contributed by atoms with Gasteiger partial charge in [0.25, 0.3) is 5.91 Å². The molecule has 0 bridgehead atoms. The van der Waals surface area contributed by atoms with E-state index in [1.54, 1.807) is 18.2 Å². The number of benzene rings is 1. The average Bonchev–Trinajstić information content (AvgIpc) is 2.26. The number of aliphatic hydroxyl groups excluding tert-OH is 1. The molecule has 1 aromatic carbocycles. The number of rotatable bonds is 6. The summed E-state index contributed by atoms with van der Waals surface area (Å²) < 4.78 is 6.09. The molecule has 0 aliphatic rings. The zero-order valence-electron chi connectivity index (χ0n) is 10.9. The molecular formula is C13H17BrClNO3. The summed E-state index contributed by atoms with van der Waals surface area (Å²) in [6.07, 6.45) is 0.489. The van der Waals surface area contributed by atoms with E-state index < -0.39 is 5.54 Å². The minimum atomic E-state index is -0.452. The van der Waals surface area contributed by atoms with Crippen LogP contribution >= 0.6 is 27.5 Å². The maximum Gasteiger partial charge on any atom is 0.258 e. The molecule has 0 aliphatic heterocycles. The van der Waals surface area contributed by atoms with Gasteiger partial charge in [-0.15, -0.1) is 0 Å². The van der Waals surface area contributed by atoms with Crippen molar-refractivity contribution in [2.24, 2.45) is 0 Å². The van der Waals surface area contributed by atoms with Crippen LogP contribution in [0.25, 0.3) is 0 Å². The number of hydrogen-bond donors (Lipinski definition) is 2. The van der Waals surface area contributed by atoms with Gasteiger partial charge in [-0.05, 0) is 54.4 Å². The lowest BCUT2D eigenvalue weighted by Gasteiger charge is -2.25. The molecule has 2 N–H and O–H groups in total. The average molecular weight is 351 g/mol. The first-order valence-corrected chi connectivity index (χ1v) is 7.01. The monoisotopic (exact) mass is 349 g/mol. The fourth-order valence-electron chi connectivity index (χ4n) is 1.49. The summed E-state index contributed by atoms with van der Waals surface area (Å²) >= 11 is 9.12. The zero-order chi connectivity index (χ0) is 14.5. The lowest BCUT2D eigenvalue weighted by Crippen LogP contribution is -2.46. The van der Waals surface area contributed by atoms with Crippen LogP contribution in [0.3, 0.4) is 0 Å². The largest absolute Gasteiger partial charge is 0.483 e. The zero-order valence-corrected chi connectivity index (χ0v) is 13.2. The van der Waals surface area contributed by atoms with Gasteiger partial charge in [0.05, 0.1) is 4.47 Å². The summed E-state index contributed by atoms with van der Waals surface area (Å²) in [6.45, 7) is 3.63. The topological polar surface area (TPSA) is 58.6 Å². The van der Waals surface area contributed by atoms with Gasteiger partial charge in [-0.1, -0.05) is 11.6 Å². The Labute approximate surface area is 126 Å². The van der Waals surface area contributed by atoms with Crippen molar-refractivity contribution in [2.75, 3.05) is 13.2 Å². The Morgan fingerprint density at radius 3 is 2.79 bits per heavy atom. The van der Waals surface area contributed by atoms with Crippen molar-refractivity contribution in [3.63, 3.8) is 0 Å². The molecular weight excluding hydrogens is 334 g/mol. The van der Waals surface area contributed by atoms with E-state index in [9.17, 15) is 4.79 Å². The highest BCUT2D eigenvalue weighted by Crippen LogP contribution is 2.27. The molecule has 0 aromatic heterocycles. The number of aliphatic hydroxyl groups is 1. The van der Waals surface area contributed by atoms with Crippen LogP contribution in [0.5, 0.6) is 5.75 Å². The normalized spacial score (nSPS) is 11.2. The van der Waals surface area contributed by atoms with E-state index in [4.69, 9.17) is 21.4 Å². The molecule has 0 spiro atoms. The summed E-state index contributed by atoms with van der Waals surface area (Å²) in [4.78, 5) is 11.7. The van der Waals surface area contributed by atoms with Gasteiger partial charge in [-0.2, -0.15) is 0 Å². The Bertz CT molecular complexity index is 452. The SMILES string of the molecule is CC(C)(CCO)NC(=O)COc1ccc(Cl)cc1Br. The number of hydrogen-bond acceptors (Lipinski definition) is 3. The molecule has 0 unspecified atom stereocenters. The maximum atomic E-state index is 11.7. The Morgan fingerprint density at radius 1 is 1.53 bits per heavy atom. The lowest BCUT2D eigenvalue weighted by molar-refractivity contribution is -0.124. The smallest absolute Gasteiger partial charge is 0.258 e. The molecule has 0 radical (unpaired) electrons. The minimum Gasteiger partial charge on any atom is -0.483 e. The number of halogens is 2. The summed E-state index contributed by atoms with van der Waals surface area (Å²) in [5, 5.41) is 12.3. The molecule has 0 saturated heterocycles. The van der Waals surface area contributed by atoms with E-state index in [0.29, 0.717) is 21.7 Å². The first-order chi connectivity index (χ1) is 8.84. The number of nitrogens with one attached hydrogen (secondary N) is 1. The molecule has 106 valence electrons. The van der Waals surface area contributed by atoms with Crippen LogP contribution in [0.1, 0.15) is 20.3 Å². The molecule has 6 heteroatoms. The van der Waals surface area contributed by atoms with Crippen molar-refractivity contribution in [1.29, 1.82) is 0 Å². The van der Waals surface area contributed by atoms with E-state index in [0.717, 1.165) is 0 Å². The summed E-state index contributed by atoms with van der Waals surface area (Å²) in [5.41, 5.74) is -0.452. The van der Waals surface area contributed by atoms with Crippen LogP contribution in [-0.2, 0) is 4.79 Å². The highest BCUT2D eigenvalue weighted by molar-refractivity contribution is 9.10. The number of ether oxygens (including phenoxy) is 1. The second-order valence-electron chi connectivity index (χ2n) is 4.77. The highest BCUT2D eigenvalue weighted by atomic mass is 79.9. The van der Waals surface area contributed by atoms with Gasteiger partial charge in [0.2, 0.25) is 0 Å². The van der Waals surface area contributed by atoms with E-state index in [1.807, 2.05) is 13.8 Å². The third-order valence-corrected chi connectivity index (χ3v) is 3.32. The maximum absolute atomic E-state index is 11.7. The van der Waals surface area contributed by atoms with Crippen molar-refractivity contribution in [1.82, 2.24) is 5.32 Å². The van der Waals surface area contributed by atoms with Gasteiger partial charge in [0.1, 0.15) is 5.75 Å². The second-order valence-corrected chi connectivity index (χ2v) is 6.06. The van der Waals surface area contributed by atoms with Crippen molar-refractivity contribution in [3.05, 3.63) is 27.7 Å². The number of carbonyl (C=O) groups is 1. The van der Waals surface area contributed by atoms with Gasteiger partial charge < -0.3 is 15.2 Å². The van der Waals surface area contributed by atoms with Crippen LogP contribution in [0.4, 0.5) is 0 Å². The predicted octanol–water partition coefficient (Wildman–Crippen LogP) is 2.76. The van der Waals surface area contributed by atoms with Crippen LogP contribution in [-0.4, -0.2) is 29.8 Å². The van der Waals surface area contributed by atoms with E-state index in [2.05, 4.69) is 21.2 Å². The molecule has 0 atom stereocenters. The van der Waals surface area contributed by atoms with Crippen LogP contribution in [0.15, 0.2) is 22.7 Å². The van der Waals surface area contributed by atoms with E-state index in [1.165, 1.54) is 0 Å². The van der Waals surface area contributed by atoms with Gasteiger partial charge >= 0.3 is 0 Å². The van der Waals surface area contributed by atoms with Crippen LogP contribution < -0.4 is 10.1 Å². The van der Waals surface area contributed by atoms with Crippen LogP contribution in [0.2, 0.25) is 5.02 Å². The third kappa shape index (κ3) is 5.80. The molecule has 0 aliphatic carbocycles. The molecule has 4 nitrogen and oxygen atoms in total. The fraction of sp³-hybridized carbons (Fsp3) is 0.462. The summed E-state index contributed by atoms with van der Waals surface area (Å²) in [7, 11) is 0. The Hall–Kier alpha value is -0.780. The Kier molecular flexibility index (Phi) is 6.10. The molecule has 0 heterocycles. The third-order valence-electron chi connectivity index (χ3n) is 2.47. The first-order valence-electron chi connectivity index (χ1n) is 5.84. The number of amides is 1. The van der Waals surface area contributed by atoms with Crippen LogP contribution in [0, 0.1) is 0 Å². The quantitative estimate of drug-likeness (QED) is 0.829. The first kappa shape index (κ1) is 16.3. The highest BCUT2D eigenvalue weighted by Gasteiger charge is 2.19. The second kappa shape index (κ2) is 7.12. The van der Waals surface area contributed by atoms with Gasteiger partial charge in [-0.3, -0.25) is 4.79 Å². The van der Waals surface area contributed by atoms with E-state index >= 15 is 0 Å². The molecule has 1 rings (SSSR count). The van der Waals surface area contributed by atoms with Crippen molar-refractivity contribution in [3.8, 4) is 5.75 Å². The molecule has 0 saturated carbocycles. The summed E-state index contributed by atoms with van der Waals surface area (Å²) in [5.74, 6) is 0.319. The van der Waals surface area contributed by atoms with Gasteiger partial charge in [0, 0.05) is 17.2 Å². The Morgan fingerprint density at radius 2 is 2.21 bits per heavy atom. The molecule has 0 fully saturated rings. The molecule has 19 heavy (non-hydrogen) atoms. The van der Waals surface area contributed by atoms with E-state index in [-0.39, 0.29) is 19.1 Å². The fourth-order valence-corrected chi connectivity index (χ4v) is 2.29. The van der Waals surface area contributed by atoms with Crippen molar-refractivity contribution >= 4 is 33.4 Å². The molecule has 1 aromatic rings. The van der Waals surface area contributed by atoms with Crippen molar-refractivity contribution < 1.29 is 14.6 Å². The summed E-state index contributed by atoms with van der Waals surface area (Å²) in [6, 6.07) is 5.08. The van der Waals surface area contributed by atoms with Gasteiger partial charge in [0.15, 0.2) is 6.61 Å². The predicted molar refractivity (Wildman–Crippen MR) is 78.6 cm³/mol. The van der Waals surface area contributed by atoms with Crippen molar-refractivity contribution in [2.45, 2.75) is 25.8 Å². The van der Waals surface area contributed by atoms with Gasteiger partial charge in [-0.25, -0.2) is 0 Å². The Balaban J connectivity index is 2.50. The standard InChI is InChI=1S/C13H17BrClNO3/c1-13(2,5-6-17)16-12(18)8-19-11-4-3-9(15)7-10(11)14/h3-4,7,17H,5-6,8H2,1-2H3,(H,16,18).